The molecule has 2 aromatic heterocycles. The Kier molecular flexibility index (Phi) is 2.02. The highest BCUT2D eigenvalue weighted by Crippen LogP contribution is 2.07. The van der Waals surface area contributed by atoms with Crippen LogP contribution in [0.3, 0.4) is 0 Å². The third kappa shape index (κ3) is 1.70. The number of aromatic nitrogens is 2. The van der Waals surface area contributed by atoms with Crippen LogP contribution in [0.2, 0.25) is 0 Å². The van der Waals surface area contributed by atoms with E-state index in [-0.39, 0.29) is 11.7 Å². The van der Waals surface area contributed by atoms with Crippen molar-refractivity contribution < 1.29 is 4.79 Å². The van der Waals surface area contributed by atoms with Gasteiger partial charge in [0.1, 0.15) is 0 Å². The Morgan fingerprint density at radius 2 is 2.38 bits per heavy atom. The molecule has 13 heavy (non-hydrogen) atoms. The van der Waals surface area contributed by atoms with Gasteiger partial charge in [-0.2, -0.15) is 5.10 Å². The molecule has 0 radical (unpaired) electrons. The zero-order chi connectivity index (χ0) is 9.26. The van der Waals surface area contributed by atoms with Crippen molar-refractivity contribution in [1.29, 1.82) is 0 Å². The first-order valence-electron chi connectivity index (χ1n) is 3.86. The maximum absolute atomic E-state index is 10.6. The molecule has 0 spiro atoms. The van der Waals surface area contributed by atoms with Crippen LogP contribution in [0, 0.1) is 0 Å². The lowest BCUT2D eigenvalue weighted by atomic mass is 10.2. The van der Waals surface area contributed by atoms with E-state index in [0.29, 0.717) is 0 Å². The summed E-state index contributed by atoms with van der Waals surface area (Å²) in [5.74, 6) is 0. The summed E-state index contributed by atoms with van der Waals surface area (Å²) >= 11 is 5.28. The standard InChI is InChI=1S/C9H7ClN2O/c10-9(13)6-7-2-4-12-8(5-7)1-3-11-12/h1-5H,6H2. The van der Waals surface area contributed by atoms with E-state index in [1.165, 1.54) is 0 Å². The Morgan fingerprint density at radius 1 is 1.54 bits per heavy atom. The average Bonchev–Trinajstić information content (AvgIpc) is 2.49. The fraction of sp³-hybridized carbons (Fsp3) is 0.111. The van der Waals surface area contributed by atoms with Gasteiger partial charge >= 0.3 is 0 Å². The Morgan fingerprint density at radius 3 is 3.15 bits per heavy atom. The van der Waals surface area contributed by atoms with Crippen LogP contribution in [0.4, 0.5) is 0 Å². The van der Waals surface area contributed by atoms with E-state index in [0.717, 1.165) is 11.1 Å². The van der Waals surface area contributed by atoms with Crippen LogP contribution in [0.1, 0.15) is 5.56 Å². The normalized spacial score (nSPS) is 10.5. The van der Waals surface area contributed by atoms with Crippen LogP contribution in [0.15, 0.2) is 30.6 Å². The first-order chi connectivity index (χ1) is 6.25. The van der Waals surface area contributed by atoms with Crippen molar-refractivity contribution in [2.24, 2.45) is 0 Å². The van der Waals surface area contributed by atoms with Gasteiger partial charge in [-0.25, -0.2) is 4.52 Å². The quantitative estimate of drug-likeness (QED) is 0.682. The Balaban J connectivity index is 2.42. The van der Waals surface area contributed by atoms with Crippen LogP contribution < -0.4 is 0 Å². The van der Waals surface area contributed by atoms with Crippen molar-refractivity contribution in [1.82, 2.24) is 9.61 Å². The minimum atomic E-state index is -0.344. The predicted octanol–water partition coefficient (Wildman–Crippen LogP) is 1.64. The van der Waals surface area contributed by atoms with Crippen molar-refractivity contribution in [2.75, 3.05) is 0 Å². The molecule has 2 rings (SSSR count). The second-order valence-electron chi connectivity index (χ2n) is 2.77. The summed E-state index contributed by atoms with van der Waals surface area (Å²) in [6.45, 7) is 0. The second-order valence-corrected chi connectivity index (χ2v) is 3.19. The monoisotopic (exact) mass is 194 g/mol. The zero-order valence-electron chi connectivity index (χ0n) is 6.77. The second kappa shape index (κ2) is 3.18. The molecule has 0 amide bonds. The number of carbonyl (C=O) groups excluding carboxylic acids is 1. The maximum Gasteiger partial charge on any atom is 0.226 e. The summed E-state index contributed by atoms with van der Waals surface area (Å²) in [4.78, 5) is 10.6. The fourth-order valence-electron chi connectivity index (χ4n) is 1.24. The molecule has 0 aliphatic carbocycles. The van der Waals surface area contributed by atoms with Gasteiger partial charge in [-0.05, 0) is 35.4 Å². The van der Waals surface area contributed by atoms with Crippen LogP contribution in [0.5, 0.6) is 0 Å². The summed E-state index contributed by atoms with van der Waals surface area (Å²) in [7, 11) is 0. The van der Waals surface area contributed by atoms with Gasteiger partial charge < -0.3 is 0 Å². The number of hydrogen-bond acceptors (Lipinski definition) is 2. The molecule has 0 fully saturated rings. The lowest BCUT2D eigenvalue weighted by Gasteiger charge is -1.97. The molecule has 2 aromatic rings. The molecule has 0 N–H and O–H groups in total. The van der Waals surface area contributed by atoms with Gasteiger partial charge in [0.05, 0.1) is 5.52 Å². The number of hydrogen-bond donors (Lipinski definition) is 0. The SMILES string of the molecule is O=C(Cl)Cc1ccn2nccc2c1. The molecule has 0 bridgehead atoms. The van der Waals surface area contributed by atoms with Crippen LogP contribution in [-0.2, 0) is 11.2 Å². The molecule has 4 heteroatoms. The summed E-state index contributed by atoms with van der Waals surface area (Å²) in [6, 6.07) is 5.61. The van der Waals surface area contributed by atoms with E-state index in [2.05, 4.69) is 5.10 Å². The van der Waals surface area contributed by atoms with Gasteiger partial charge in [0.25, 0.3) is 0 Å². The van der Waals surface area contributed by atoms with Crippen LogP contribution in [-0.4, -0.2) is 14.9 Å². The molecule has 0 unspecified atom stereocenters. The largest absolute Gasteiger partial charge is 0.281 e. The lowest BCUT2D eigenvalue weighted by molar-refractivity contribution is -0.111. The van der Waals surface area contributed by atoms with Crippen LogP contribution >= 0.6 is 11.6 Å². The zero-order valence-corrected chi connectivity index (χ0v) is 7.53. The number of rotatable bonds is 2. The third-order valence-corrected chi connectivity index (χ3v) is 1.94. The first-order valence-corrected chi connectivity index (χ1v) is 4.24. The van der Waals surface area contributed by atoms with Gasteiger partial charge in [-0.3, -0.25) is 4.79 Å². The Bertz CT molecular complexity index is 450. The highest BCUT2D eigenvalue weighted by Gasteiger charge is 2.00. The van der Waals surface area contributed by atoms with Gasteiger partial charge in [0, 0.05) is 18.8 Å². The summed E-state index contributed by atoms with van der Waals surface area (Å²) in [5.41, 5.74) is 1.88. The molecule has 0 aromatic carbocycles. The minimum Gasteiger partial charge on any atom is -0.281 e. The predicted molar refractivity (Wildman–Crippen MR) is 49.8 cm³/mol. The summed E-state index contributed by atoms with van der Waals surface area (Å²) < 4.78 is 1.74. The van der Waals surface area contributed by atoms with E-state index >= 15 is 0 Å². The highest BCUT2D eigenvalue weighted by atomic mass is 35.5. The molecule has 0 aliphatic rings. The van der Waals surface area contributed by atoms with Gasteiger partial charge in [-0.15, -0.1) is 0 Å². The van der Waals surface area contributed by atoms with E-state index in [1.807, 2.05) is 24.4 Å². The number of carbonyl (C=O) groups is 1. The fourth-order valence-corrected chi connectivity index (χ4v) is 1.39. The molecule has 0 saturated carbocycles. The molecule has 2 heterocycles. The molecule has 0 saturated heterocycles. The van der Waals surface area contributed by atoms with Crippen molar-refractivity contribution in [3.63, 3.8) is 0 Å². The minimum absolute atomic E-state index is 0.267. The molecule has 0 aliphatic heterocycles. The third-order valence-electron chi connectivity index (χ3n) is 1.81. The van der Waals surface area contributed by atoms with E-state index < -0.39 is 0 Å². The van der Waals surface area contributed by atoms with E-state index in [4.69, 9.17) is 11.6 Å². The number of halogens is 1. The van der Waals surface area contributed by atoms with Gasteiger partial charge in [-0.1, -0.05) is 0 Å². The maximum atomic E-state index is 10.6. The Hall–Kier alpha value is -1.35. The average molecular weight is 195 g/mol. The first kappa shape index (κ1) is 8.26. The Labute approximate surface area is 79.9 Å². The van der Waals surface area contributed by atoms with Crippen LogP contribution in [0.25, 0.3) is 5.52 Å². The molecule has 0 atom stereocenters. The molecule has 3 nitrogen and oxygen atoms in total. The lowest BCUT2D eigenvalue weighted by Crippen LogP contribution is -1.95. The summed E-state index contributed by atoms with van der Waals surface area (Å²) in [6.07, 6.45) is 3.79. The number of fused-ring (bicyclic) bond motifs is 1. The smallest absolute Gasteiger partial charge is 0.226 e. The van der Waals surface area contributed by atoms with E-state index in [9.17, 15) is 4.79 Å². The molecular weight excluding hydrogens is 188 g/mol. The molecule has 66 valence electrons. The highest BCUT2D eigenvalue weighted by molar-refractivity contribution is 6.63. The molecular formula is C9H7ClN2O. The topological polar surface area (TPSA) is 34.4 Å². The summed E-state index contributed by atoms with van der Waals surface area (Å²) in [5, 5.41) is 3.69. The van der Waals surface area contributed by atoms with Gasteiger partial charge in [0.2, 0.25) is 5.24 Å². The van der Waals surface area contributed by atoms with Gasteiger partial charge in [0.15, 0.2) is 0 Å². The van der Waals surface area contributed by atoms with Crippen molar-refractivity contribution in [3.05, 3.63) is 36.2 Å². The van der Waals surface area contributed by atoms with E-state index in [1.54, 1.807) is 10.7 Å². The number of pyridine rings is 1. The van der Waals surface area contributed by atoms with Crippen molar-refractivity contribution >= 4 is 22.4 Å². The van der Waals surface area contributed by atoms with Crippen molar-refractivity contribution in [3.8, 4) is 0 Å². The number of nitrogens with zero attached hydrogens (tertiary/aromatic N) is 2. The van der Waals surface area contributed by atoms with Crippen molar-refractivity contribution in [2.45, 2.75) is 6.42 Å².